The summed E-state index contributed by atoms with van der Waals surface area (Å²) >= 11 is 0. The molecule has 9 rings (SSSR count). The molecule has 0 fully saturated rings. The molecule has 3 aromatic heterocycles. The Morgan fingerprint density at radius 2 is 1.27 bits per heavy atom. The van der Waals surface area contributed by atoms with Crippen molar-refractivity contribution in [3.05, 3.63) is 169 Å². The molecule has 0 saturated carbocycles. The number of aryl methyl sites for hydroxylation is 2. The molecule has 0 bridgehead atoms. The maximum atomic E-state index is 6.54. The van der Waals surface area contributed by atoms with Gasteiger partial charge in [-0.1, -0.05) is 102 Å². The van der Waals surface area contributed by atoms with Gasteiger partial charge in [-0.05, 0) is 69.7 Å². The molecule has 3 nitrogen and oxygen atoms in total. The third-order valence-corrected chi connectivity index (χ3v) is 8.82. The number of pyridine rings is 2. The molecule has 6 aromatic carbocycles. The summed E-state index contributed by atoms with van der Waals surface area (Å²) in [4.78, 5) is 9.04. The number of aromatic nitrogens is 2. The van der Waals surface area contributed by atoms with E-state index in [4.69, 9.17) is 9.40 Å². The number of hydrogen-bond acceptors (Lipinski definition) is 3. The van der Waals surface area contributed by atoms with Crippen LogP contribution >= 0.6 is 0 Å². The van der Waals surface area contributed by atoms with E-state index in [-0.39, 0.29) is 20.1 Å². The van der Waals surface area contributed by atoms with Crippen LogP contribution in [0.5, 0.6) is 0 Å². The van der Waals surface area contributed by atoms with Gasteiger partial charge in [-0.3, -0.25) is 0 Å². The van der Waals surface area contributed by atoms with Gasteiger partial charge in [0.2, 0.25) is 0 Å². The first kappa shape index (κ1) is 31.2. The minimum Gasteiger partial charge on any atom is -0.500 e. The fraction of sp³-hybridized carbons (Fsp3) is 0.0455. The summed E-state index contributed by atoms with van der Waals surface area (Å²) in [5, 5.41) is 7.04. The van der Waals surface area contributed by atoms with Crippen LogP contribution in [-0.2, 0) is 20.1 Å². The topological polar surface area (TPSA) is 38.9 Å². The van der Waals surface area contributed by atoms with Crippen molar-refractivity contribution in [3.8, 4) is 33.6 Å². The first-order valence-corrected chi connectivity index (χ1v) is 15.7. The molecule has 0 saturated heterocycles. The summed E-state index contributed by atoms with van der Waals surface area (Å²) in [6, 6.07) is 52.1. The Morgan fingerprint density at radius 3 is 2.06 bits per heavy atom. The number of nitrogens with zero attached hydrogens (tertiary/aromatic N) is 2. The molecule has 0 amide bonds. The van der Waals surface area contributed by atoms with Crippen LogP contribution in [0.3, 0.4) is 0 Å². The van der Waals surface area contributed by atoms with Crippen molar-refractivity contribution in [1.82, 2.24) is 9.97 Å². The largest absolute Gasteiger partial charge is 0.500 e. The third-order valence-electron chi connectivity index (χ3n) is 8.82. The van der Waals surface area contributed by atoms with Crippen molar-refractivity contribution in [3.63, 3.8) is 0 Å². The fourth-order valence-electron chi connectivity index (χ4n) is 6.40. The molecule has 0 spiro atoms. The average molecular weight is 795 g/mol. The van der Waals surface area contributed by atoms with Crippen LogP contribution in [0, 0.1) is 26.0 Å². The third kappa shape index (κ3) is 5.71. The monoisotopic (exact) mass is 795 g/mol. The van der Waals surface area contributed by atoms with E-state index in [1.165, 1.54) is 32.8 Å². The van der Waals surface area contributed by atoms with Gasteiger partial charge in [0, 0.05) is 43.3 Å². The molecule has 0 aliphatic rings. The van der Waals surface area contributed by atoms with Gasteiger partial charge in [0.15, 0.2) is 0 Å². The van der Waals surface area contributed by atoms with E-state index in [1.807, 2.05) is 54.7 Å². The van der Waals surface area contributed by atoms with Crippen molar-refractivity contribution < 1.29 is 24.5 Å². The predicted octanol–water partition coefficient (Wildman–Crippen LogP) is 11.6. The maximum absolute atomic E-state index is 6.54. The summed E-state index contributed by atoms with van der Waals surface area (Å²) in [5.41, 5.74) is 10.4. The molecule has 0 aliphatic carbocycles. The van der Waals surface area contributed by atoms with Crippen molar-refractivity contribution in [2.75, 3.05) is 0 Å². The molecular formula is C44H30IrN2O-2. The molecule has 0 atom stereocenters. The second kappa shape index (κ2) is 13.4. The Morgan fingerprint density at radius 1 is 0.542 bits per heavy atom. The van der Waals surface area contributed by atoms with Crippen molar-refractivity contribution in [2.45, 2.75) is 13.8 Å². The summed E-state index contributed by atoms with van der Waals surface area (Å²) in [5.74, 6) is 0. The number of rotatable bonds is 3. The van der Waals surface area contributed by atoms with Crippen LogP contribution in [0.15, 0.2) is 150 Å². The molecule has 9 aromatic rings. The zero-order valence-corrected chi connectivity index (χ0v) is 28.9. The van der Waals surface area contributed by atoms with Crippen LogP contribution < -0.4 is 0 Å². The second-order valence-electron chi connectivity index (χ2n) is 11.7. The van der Waals surface area contributed by atoms with Gasteiger partial charge in [-0.15, -0.1) is 54.1 Å². The van der Waals surface area contributed by atoms with Gasteiger partial charge in [0.25, 0.3) is 0 Å². The zero-order valence-electron chi connectivity index (χ0n) is 26.5. The normalized spacial score (nSPS) is 11.0. The van der Waals surface area contributed by atoms with Gasteiger partial charge >= 0.3 is 0 Å². The maximum Gasteiger partial charge on any atom is 0.128 e. The Bertz CT molecular complexity index is 2500. The molecule has 233 valence electrons. The van der Waals surface area contributed by atoms with Crippen LogP contribution in [0.2, 0.25) is 0 Å². The summed E-state index contributed by atoms with van der Waals surface area (Å²) in [7, 11) is 0. The molecule has 0 unspecified atom stereocenters. The van der Waals surface area contributed by atoms with Gasteiger partial charge in [-0.2, -0.15) is 0 Å². The van der Waals surface area contributed by atoms with Gasteiger partial charge in [0.1, 0.15) is 5.58 Å². The van der Waals surface area contributed by atoms with E-state index in [9.17, 15) is 0 Å². The van der Waals surface area contributed by atoms with Crippen molar-refractivity contribution >= 4 is 43.5 Å². The van der Waals surface area contributed by atoms with Crippen LogP contribution in [0.1, 0.15) is 11.1 Å². The number of benzene rings is 6. The quantitative estimate of drug-likeness (QED) is 0.167. The molecule has 0 N–H and O–H groups in total. The van der Waals surface area contributed by atoms with Crippen molar-refractivity contribution in [2.24, 2.45) is 0 Å². The Kier molecular flexibility index (Phi) is 8.69. The van der Waals surface area contributed by atoms with Crippen molar-refractivity contribution in [1.29, 1.82) is 0 Å². The number of fused-ring (bicyclic) bond motifs is 6. The number of furan rings is 1. The van der Waals surface area contributed by atoms with Gasteiger partial charge < -0.3 is 14.4 Å². The molecule has 0 aliphatic heterocycles. The predicted molar refractivity (Wildman–Crippen MR) is 194 cm³/mol. The minimum absolute atomic E-state index is 0. The standard InChI is InChI=1S/C33H22NO.C11H8N.Ir/c1-20-19-34-31(18-30(20)25-16-14-22-8-3-5-10-24(22)21(25)2)29-13-7-12-27-28-17-15-23-9-4-6-11-26(23)32(28)35-33(27)29;1-2-6-10(7-3-1)11-8-4-5-9-12-11;/h3-12,14-19H,1-2H3;1-6,8-9H;/q2*-1;. The fourth-order valence-corrected chi connectivity index (χ4v) is 6.40. The van der Waals surface area contributed by atoms with Gasteiger partial charge in [0.05, 0.1) is 5.58 Å². The molecular weight excluding hydrogens is 765 g/mol. The second-order valence-corrected chi connectivity index (χ2v) is 11.7. The summed E-state index contributed by atoms with van der Waals surface area (Å²) < 4.78 is 6.54. The molecule has 1 radical (unpaired) electrons. The van der Waals surface area contributed by atoms with Crippen LogP contribution in [0.4, 0.5) is 0 Å². The summed E-state index contributed by atoms with van der Waals surface area (Å²) in [6.45, 7) is 4.33. The van der Waals surface area contributed by atoms with E-state index in [0.29, 0.717) is 0 Å². The Balaban J connectivity index is 0.000000237. The van der Waals surface area contributed by atoms with Crippen LogP contribution in [0.25, 0.3) is 77.1 Å². The van der Waals surface area contributed by atoms with E-state index in [2.05, 4.69) is 116 Å². The number of hydrogen-bond donors (Lipinski definition) is 0. The van der Waals surface area contributed by atoms with Gasteiger partial charge in [-0.25, -0.2) is 0 Å². The minimum atomic E-state index is 0. The Labute approximate surface area is 293 Å². The smallest absolute Gasteiger partial charge is 0.128 e. The first-order chi connectivity index (χ1) is 23.2. The van der Waals surface area contributed by atoms with E-state index in [1.54, 1.807) is 6.20 Å². The van der Waals surface area contributed by atoms with E-state index >= 15 is 0 Å². The van der Waals surface area contributed by atoms with Crippen LogP contribution in [-0.4, -0.2) is 9.97 Å². The van der Waals surface area contributed by atoms with E-state index < -0.39 is 0 Å². The molecule has 3 heterocycles. The zero-order chi connectivity index (χ0) is 31.7. The molecule has 48 heavy (non-hydrogen) atoms. The summed E-state index contributed by atoms with van der Waals surface area (Å²) in [6.07, 6.45) is 3.75. The Hall–Kier alpha value is -5.41. The van der Waals surface area contributed by atoms with E-state index in [0.717, 1.165) is 55.4 Å². The first-order valence-electron chi connectivity index (χ1n) is 15.7. The average Bonchev–Trinajstić information content (AvgIpc) is 3.53. The SMILES string of the molecule is Cc1cnc(-c2[c-]ccc3c2oc2c4ccccc4ccc32)cc1-c1ccc2ccccc2c1C.[Ir].[c-]1ccccc1-c1ccccn1. The molecule has 4 heteroatoms.